The molecule has 3 aliphatic rings. The third kappa shape index (κ3) is 4.84. The number of aliphatic hydroxyl groups is 1. The van der Waals surface area contributed by atoms with Crippen molar-refractivity contribution in [1.29, 1.82) is 5.26 Å². The highest BCUT2D eigenvalue weighted by molar-refractivity contribution is 5.79. The van der Waals surface area contributed by atoms with Gasteiger partial charge in [0.2, 0.25) is 5.91 Å². The number of likely N-dealkylation sites (tertiary alicyclic amines) is 1. The molecule has 1 atom stereocenters. The van der Waals surface area contributed by atoms with Crippen LogP contribution >= 0.6 is 0 Å². The number of rotatable bonds is 3. The molecule has 1 amide bonds. The predicted molar refractivity (Wildman–Crippen MR) is 118 cm³/mol. The van der Waals surface area contributed by atoms with E-state index in [1.807, 2.05) is 9.80 Å². The van der Waals surface area contributed by atoms with E-state index in [1.54, 1.807) is 12.1 Å². The Labute approximate surface area is 193 Å². The lowest BCUT2D eigenvalue weighted by Gasteiger charge is -2.43. The molecule has 2 saturated heterocycles. The van der Waals surface area contributed by atoms with Gasteiger partial charge in [-0.25, -0.2) is 0 Å². The van der Waals surface area contributed by atoms with Gasteiger partial charge in [0.15, 0.2) is 0 Å². The van der Waals surface area contributed by atoms with E-state index >= 15 is 0 Å². The number of anilines is 1. The maximum atomic E-state index is 13.4. The summed E-state index contributed by atoms with van der Waals surface area (Å²) in [5.41, 5.74) is -1.01. The zero-order valence-electron chi connectivity index (χ0n) is 18.9. The first-order valence-electron chi connectivity index (χ1n) is 12.0. The molecule has 2 aliphatic heterocycles. The number of alkyl halides is 3. The summed E-state index contributed by atoms with van der Waals surface area (Å²) in [6.45, 7) is 2.34. The van der Waals surface area contributed by atoms with Crippen LogP contribution in [0.1, 0.15) is 62.5 Å². The Balaban J connectivity index is 1.46. The molecule has 1 aromatic carbocycles. The number of hydrogen-bond acceptors (Lipinski definition) is 4. The first-order chi connectivity index (χ1) is 15.8. The molecule has 1 unspecified atom stereocenters. The van der Waals surface area contributed by atoms with Gasteiger partial charge in [0, 0.05) is 50.3 Å². The summed E-state index contributed by atoms with van der Waals surface area (Å²) >= 11 is 0. The van der Waals surface area contributed by atoms with E-state index in [1.165, 1.54) is 18.9 Å². The molecule has 180 valence electrons. The number of amides is 1. The first-order valence-corrected chi connectivity index (χ1v) is 12.0. The van der Waals surface area contributed by atoms with Crippen molar-refractivity contribution in [3.63, 3.8) is 0 Å². The van der Waals surface area contributed by atoms with Gasteiger partial charge in [0.25, 0.3) is 0 Å². The molecule has 4 rings (SSSR count). The molecule has 1 aliphatic carbocycles. The maximum absolute atomic E-state index is 13.4. The van der Waals surface area contributed by atoms with Crippen molar-refractivity contribution in [1.82, 2.24) is 4.90 Å². The third-order valence-corrected chi connectivity index (χ3v) is 8.10. The summed E-state index contributed by atoms with van der Waals surface area (Å²) in [6, 6.07) is 5.51. The van der Waals surface area contributed by atoms with Crippen LogP contribution in [0.3, 0.4) is 0 Å². The second kappa shape index (κ2) is 9.54. The average Bonchev–Trinajstić information content (AvgIpc) is 2.97. The molecule has 8 heteroatoms. The summed E-state index contributed by atoms with van der Waals surface area (Å²) in [6.07, 6.45) is 3.31. The number of piperidine rings is 1. The SMILES string of the molecule is N#Cc1ccc(N2CCC3(CC2)CN(C(=O)C2CCCCCC2)CC3CO)cc1C(F)(F)F. The van der Waals surface area contributed by atoms with E-state index in [2.05, 4.69) is 0 Å². The van der Waals surface area contributed by atoms with E-state index in [0.717, 1.165) is 31.7 Å². The van der Waals surface area contributed by atoms with Crippen LogP contribution in [0.25, 0.3) is 0 Å². The Kier molecular flexibility index (Phi) is 6.90. The largest absolute Gasteiger partial charge is 0.417 e. The minimum absolute atomic E-state index is 0.000999. The average molecular weight is 464 g/mol. The second-order valence-corrected chi connectivity index (χ2v) is 9.98. The van der Waals surface area contributed by atoms with Crippen LogP contribution in [0.4, 0.5) is 18.9 Å². The quantitative estimate of drug-likeness (QED) is 0.666. The summed E-state index contributed by atoms with van der Waals surface area (Å²) < 4.78 is 40.1. The monoisotopic (exact) mass is 463 g/mol. The molecule has 0 aromatic heterocycles. The molecule has 33 heavy (non-hydrogen) atoms. The molecular formula is C25H32F3N3O2. The van der Waals surface area contributed by atoms with Gasteiger partial charge in [-0.1, -0.05) is 25.7 Å². The van der Waals surface area contributed by atoms with Crippen LogP contribution in [0.5, 0.6) is 0 Å². The molecule has 0 radical (unpaired) electrons. The third-order valence-electron chi connectivity index (χ3n) is 8.10. The molecule has 1 spiro atoms. The van der Waals surface area contributed by atoms with Crippen LogP contribution in [-0.4, -0.2) is 48.7 Å². The van der Waals surface area contributed by atoms with Gasteiger partial charge >= 0.3 is 6.18 Å². The Morgan fingerprint density at radius 1 is 1.15 bits per heavy atom. The number of hydrogen-bond donors (Lipinski definition) is 1. The Morgan fingerprint density at radius 3 is 2.39 bits per heavy atom. The molecule has 1 aromatic rings. The minimum atomic E-state index is -4.58. The van der Waals surface area contributed by atoms with Gasteiger partial charge in [-0.3, -0.25) is 4.79 Å². The van der Waals surface area contributed by atoms with Crippen LogP contribution in [-0.2, 0) is 11.0 Å². The number of carbonyl (C=O) groups excluding carboxylic acids is 1. The topological polar surface area (TPSA) is 67.6 Å². The lowest BCUT2D eigenvalue weighted by molar-refractivity contribution is -0.138. The van der Waals surface area contributed by atoms with Crippen molar-refractivity contribution in [3.8, 4) is 6.07 Å². The van der Waals surface area contributed by atoms with E-state index in [9.17, 15) is 23.1 Å². The Hall–Kier alpha value is -2.27. The van der Waals surface area contributed by atoms with E-state index in [-0.39, 0.29) is 35.3 Å². The van der Waals surface area contributed by atoms with Crippen LogP contribution in [0.2, 0.25) is 0 Å². The van der Waals surface area contributed by atoms with Crippen LogP contribution in [0.15, 0.2) is 18.2 Å². The molecule has 1 saturated carbocycles. The van der Waals surface area contributed by atoms with Crippen LogP contribution < -0.4 is 4.90 Å². The van der Waals surface area contributed by atoms with Crippen molar-refractivity contribution in [2.75, 3.05) is 37.7 Å². The van der Waals surface area contributed by atoms with Crippen molar-refractivity contribution < 1.29 is 23.1 Å². The number of nitrogens with zero attached hydrogens (tertiary/aromatic N) is 3. The van der Waals surface area contributed by atoms with Gasteiger partial charge in [-0.05, 0) is 49.3 Å². The molecule has 0 bridgehead atoms. The molecular weight excluding hydrogens is 431 g/mol. The van der Waals surface area contributed by atoms with Crippen LogP contribution in [0, 0.1) is 28.6 Å². The first kappa shape index (κ1) is 23.9. The fraction of sp³-hybridized carbons (Fsp3) is 0.680. The second-order valence-electron chi connectivity index (χ2n) is 9.98. The number of aliphatic hydroxyl groups excluding tert-OH is 1. The van der Waals surface area contributed by atoms with Crippen molar-refractivity contribution in [3.05, 3.63) is 29.3 Å². The van der Waals surface area contributed by atoms with Gasteiger partial charge in [-0.15, -0.1) is 0 Å². The summed E-state index contributed by atoms with van der Waals surface area (Å²) in [4.78, 5) is 17.1. The summed E-state index contributed by atoms with van der Waals surface area (Å²) in [5, 5.41) is 19.1. The highest BCUT2D eigenvalue weighted by Crippen LogP contribution is 2.46. The maximum Gasteiger partial charge on any atom is 0.417 e. The lowest BCUT2D eigenvalue weighted by atomic mass is 9.71. The Morgan fingerprint density at radius 2 is 1.82 bits per heavy atom. The van der Waals surface area contributed by atoms with Gasteiger partial charge in [0.1, 0.15) is 0 Å². The molecule has 2 heterocycles. The number of carbonyl (C=O) groups is 1. The van der Waals surface area contributed by atoms with E-state index < -0.39 is 11.7 Å². The predicted octanol–water partition coefficient (Wildman–Crippen LogP) is 4.58. The molecule has 1 N–H and O–H groups in total. The standard InChI is InChI=1S/C25H32F3N3O2/c26-25(27,28)22-13-21(8-7-19(22)14-29)30-11-9-24(10-12-30)17-31(15-20(24)16-32)23(33)18-5-3-1-2-4-6-18/h7-8,13,18,20,32H,1-6,9-12,15-17H2. The van der Waals surface area contributed by atoms with Gasteiger partial charge < -0.3 is 14.9 Å². The van der Waals surface area contributed by atoms with E-state index in [0.29, 0.717) is 44.7 Å². The lowest BCUT2D eigenvalue weighted by Crippen LogP contribution is -2.45. The fourth-order valence-electron chi connectivity index (χ4n) is 6.07. The highest BCUT2D eigenvalue weighted by atomic mass is 19.4. The van der Waals surface area contributed by atoms with Gasteiger partial charge in [0.05, 0.1) is 17.2 Å². The minimum Gasteiger partial charge on any atom is -0.396 e. The fourth-order valence-corrected chi connectivity index (χ4v) is 6.07. The Bertz CT molecular complexity index is 895. The highest BCUT2D eigenvalue weighted by Gasteiger charge is 2.49. The van der Waals surface area contributed by atoms with Crippen molar-refractivity contribution in [2.45, 2.75) is 57.5 Å². The van der Waals surface area contributed by atoms with E-state index in [4.69, 9.17) is 5.26 Å². The summed E-state index contributed by atoms with van der Waals surface area (Å²) in [7, 11) is 0. The van der Waals surface area contributed by atoms with Gasteiger partial charge in [-0.2, -0.15) is 18.4 Å². The molecule has 5 nitrogen and oxygen atoms in total. The zero-order chi connectivity index (χ0) is 23.6. The smallest absolute Gasteiger partial charge is 0.396 e. The summed E-state index contributed by atoms with van der Waals surface area (Å²) in [5.74, 6) is 0.305. The molecule has 3 fully saturated rings. The normalized spacial score (nSPS) is 24.0. The zero-order valence-corrected chi connectivity index (χ0v) is 18.9. The number of benzene rings is 1. The number of nitriles is 1. The van der Waals surface area contributed by atoms with Crippen molar-refractivity contribution in [2.24, 2.45) is 17.3 Å². The van der Waals surface area contributed by atoms with Crippen molar-refractivity contribution >= 4 is 11.6 Å². The number of halogens is 3.